The second-order valence-corrected chi connectivity index (χ2v) is 9.09. The van der Waals surface area contributed by atoms with E-state index >= 15 is 0 Å². The van der Waals surface area contributed by atoms with Crippen LogP contribution < -0.4 is 30.1 Å². The summed E-state index contributed by atoms with van der Waals surface area (Å²) in [6.45, 7) is 6.12. The van der Waals surface area contributed by atoms with Crippen molar-refractivity contribution in [3.05, 3.63) is 52.4 Å². The first kappa shape index (κ1) is 25.1. The third-order valence-corrected chi connectivity index (χ3v) is 5.77. The fourth-order valence-electron chi connectivity index (χ4n) is 4.10. The first-order valence-electron chi connectivity index (χ1n) is 11.8. The summed E-state index contributed by atoms with van der Waals surface area (Å²) in [5, 5.41) is 14.0. The second-order valence-electron chi connectivity index (χ2n) is 9.09. The summed E-state index contributed by atoms with van der Waals surface area (Å²) in [5.41, 5.74) is 1.18. The molecule has 4 rings (SSSR count). The third-order valence-electron chi connectivity index (χ3n) is 5.77. The molecule has 36 heavy (non-hydrogen) atoms. The molecule has 3 aromatic rings. The van der Waals surface area contributed by atoms with Crippen molar-refractivity contribution in [2.45, 2.75) is 39.7 Å². The van der Waals surface area contributed by atoms with Crippen LogP contribution in [0.4, 0.5) is 0 Å². The van der Waals surface area contributed by atoms with Crippen LogP contribution in [0.2, 0.25) is 0 Å². The van der Waals surface area contributed by atoms with Crippen LogP contribution in [0.3, 0.4) is 0 Å². The number of carboxylic acid groups (broad SMARTS) is 1. The number of carbonyl (C=O) groups excluding carboxylic acids is 2. The Morgan fingerprint density at radius 1 is 1.08 bits per heavy atom. The number of hydrogen-bond donors (Lipinski definition) is 1. The Balaban J connectivity index is 1.53. The van der Waals surface area contributed by atoms with E-state index < -0.39 is 24.5 Å². The van der Waals surface area contributed by atoms with Crippen LogP contribution in [-0.4, -0.2) is 37.7 Å². The molecule has 0 spiro atoms. The molecule has 0 saturated heterocycles. The van der Waals surface area contributed by atoms with Crippen LogP contribution in [0, 0.1) is 12.8 Å². The van der Waals surface area contributed by atoms with Gasteiger partial charge in [-0.1, -0.05) is 19.9 Å². The minimum absolute atomic E-state index is 0.0669. The molecule has 1 amide bonds. The van der Waals surface area contributed by atoms with Gasteiger partial charge in [0.25, 0.3) is 5.91 Å². The summed E-state index contributed by atoms with van der Waals surface area (Å²) in [7, 11) is 0. The van der Waals surface area contributed by atoms with E-state index in [2.05, 4.69) is 5.32 Å². The number of aryl methyl sites for hydroxylation is 1. The first-order valence-corrected chi connectivity index (χ1v) is 11.8. The first-order chi connectivity index (χ1) is 17.2. The molecule has 190 valence electrons. The summed E-state index contributed by atoms with van der Waals surface area (Å²) in [4.78, 5) is 36.8. The Bertz CT molecular complexity index is 1340. The van der Waals surface area contributed by atoms with Gasteiger partial charge in [-0.2, -0.15) is 0 Å². The van der Waals surface area contributed by atoms with Gasteiger partial charge in [-0.3, -0.25) is 9.59 Å². The predicted molar refractivity (Wildman–Crippen MR) is 130 cm³/mol. The van der Waals surface area contributed by atoms with Gasteiger partial charge in [-0.15, -0.1) is 0 Å². The number of amides is 1. The Morgan fingerprint density at radius 2 is 1.83 bits per heavy atom. The van der Waals surface area contributed by atoms with Crippen molar-refractivity contribution in [2.24, 2.45) is 5.92 Å². The molecule has 0 bridgehead atoms. The Morgan fingerprint density at radius 3 is 2.56 bits per heavy atom. The maximum Gasteiger partial charge on any atom is 0.258 e. The fourth-order valence-corrected chi connectivity index (χ4v) is 4.10. The minimum atomic E-state index is -1.34. The van der Waals surface area contributed by atoms with Crippen LogP contribution in [0.15, 0.2) is 45.6 Å². The van der Waals surface area contributed by atoms with E-state index in [-0.39, 0.29) is 17.8 Å². The number of hydrogen-bond acceptors (Lipinski definition) is 8. The zero-order chi connectivity index (χ0) is 25.8. The molecule has 1 atom stereocenters. The number of ether oxygens (including phenoxy) is 3. The van der Waals surface area contributed by atoms with Gasteiger partial charge >= 0.3 is 0 Å². The molecular weight excluding hydrogens is 466 g/mol. The monoisotopic (exact) mass is 494 g/mol. The lowest BCUT2D eigenvalue weighted by Gasteiger charge is -2.21. The van der Waals surface area contributed by atoms with Gasteiger partial charge in [0.05, 0.1) is 36.2 Å². The minimum Gasteiger partial charge on any atom is -0.548 e. The summed E-state index contributed by atoms with van der Waals surface area (Å²) in [6, 6.07) is 8.93. The lowest BCUT2D eigenvalue weighted by molar-refractivity contribution is -0.308. The molecule has 0 radical (unpaired) electrons. The molecule has 2 aromatic carbocycles. The molecule has 9 nitrogen and oxygen atoms in total. The second kappa shape index (κ2) is 10.7. The Labute approximate surface area is 208 Å². The summed E-state index contributed by atoms with van der Waals surface area (Å²) in [6.07, 6.45) is 1.03. The number of fused-ring (bicyclic) bond motifs is 2. The number of carbonyl (C=O) groups is 2. The van der Waals surface area contributed by atoms with Crippen molar-refractivity contribution < 1.29 is 33.3 Å². The molecule has 0 saturated carbocycles. The number of rotatable bonds is 8. The lowest BCUT2D eigenvalue weighted by atomic mass is 10.0. The third kappa shape index (κ3) is 5.62. The average molecular weight is 495 g/mol. The molecule has 1 aromatic heterocycles. The highest BCUT2D eigenvalue weighted by Crippen LogP contribution is 2.35. The molecule has 9 heteroatoms. The van der Waals surface area contributed by atoms with E-state index in [0.29, 0.717) is 58.3 Å². The van der Waals surface area contributed by atoms with Crippen LogP contribution in [0.25, 0.3) is 22.1 Å². The molecule has 1 N–H and O–H groups in total. The molecule has 2 heterocycles. The van der Waals surface area contributed by atoms with E-state index in [9.17, 15) is 19.5 Å². The lowest BCUT2D eigenvalue weighted by Crippen LogP contribution is -2.49. The van der Waals surface area contributed by atoms with Crippen LogP contribution in [0.5, 0.6) is 17.2 Å². The van der Waals surface area contributed by atoms with Gasteiger partial charge in [0.1, 0.15) is 17.1 Å². The smallest absolute Gasteiger partial charge is 0.258 e. The Kier molecular flexibility index (Phi) is 7.47. The van der Waals surface area contributed by atoms with E-state index in [1.54, 1.807) is 37.3 Å². The van der Waals surface area contributed by atoms with Crippen molar-refractivity contribution in [1.82, 2.24) is 5.32 Å². The summed E-state index contributed by atoms with van der Waals surface area (Å²) >= 11 is 0. The van der Waals surface area contributed by atoms with Gasteiger partial charge in [-0.05, 0) is 49.1 Å². The number of nitrogens with one attached hydrogen (secondary N) is 1. The summed E-state index contributed by atoms with van der Waals surface area (Å²) < 4.78 is 22.9. The quantitative estimate of drug-likeness (QED) is 0.506. The highest BCUT2D eigenvalue weighted by Gasteiger charge is 2.19. The fraction of sp³-hybridized carbons (Fsp3) is 0.370. The largest absolute Gasteiger partial charge is 0.548 e. The highest BCUT2D eigenvalue weighted by molar-refractivity contribution is 5.85. The van der Waals surface area contributed by atoms with Gasteiger partial charge in [0.2, 0.25) is 5.43 Å². The van der Waals surface area contributed by atoms with Crippen molar-refractivity contribution in [3.63, 3.8) is 0 Å². The summed E-state index contributed by atoms with van der Waals surface area (Å²) in [5.74, 6) is 0.0778. The van der Waals surface area contributed by atoms with Crippen molar-refractivity contribution in [1.29, 1.82) is 0 Å². The standard InChI is InChI=1S/C27H29NO8/c1-15(2)11-20(27(31)32)28-24(29)14-35-18-6-7-19-22(13-18)36-16(3)25(26(19)30)17-5-8-21-23(12-17)34-10-4-9-33-21/h5-8,12-13,15,20H,4,9-11,14H2,1-3H3,(H,28,29)(H,31,32)/p-1. The zero-order valence-corrected chi connectivity index (χ0v) is 20.4. The maximum absolute atomic E-state index is 13.3. The van der Waals surface area contributed by atoms with E-state index in [1.807, 2.05) is 13.8 Å². The van der Waals surface area contributed by atoms with Crippen molar-refractivity contribution in [2.75, 3.05) is 19.8 Å². The number of benzene rings is 2. The zero-order valence-electron chi connectivity index (χ0n) is 20.4. The molecular formula is C27H28NO8-. The molecule has 0 aliphatic carbocycles. The van der Waals surface area contributed by atoms with Crippen LogP contribution in [-0.2, 0) is 9.59 Å². The van der Waals surface area contributed by atoms with Gasteiger partial charge in [0.15, 0.2) is 18.1 Å². The SMILES string of the molecule is Cc1oc2cc(OCC(=O)NC(CC(C)C)C(=O)[O-])ccc2c(=O)c1-c1ccc2c(c1)OCCCO2. The van der Waals surface area contributed by atoms with Gasteiger partial charge < -0.3 is 33.8 Å². The topological polar surface area (TPSA) is 127 Å². The van der Waals surface area contributed by atoms with Crippen LogP contribution >= 0.6 is 0 Å². The average Bonchev–Trinajstić information content (AvgIpc) is 3.07. The van der Waals surface area contributed by atoms with Gasteiger partial charge in [0, 0.05) is 12.5 Å². The number of aliphatic carboxylic acids is 1. The van der Waals surface area contributed by atoms with Crippen LogP contribution in [0.1, 0.15) is 32.4 Å². The maximum atomic E-state index is 13.3. The van der Waals surface area contributed by atoms with Gasteiger partial charge in [-0.25, -0.2) is 0 Å². The molecule has 1 aliphatic rings. The van der Waals surface area contributed by atoms with E-state index in [0.717, 1.165) is 6.42 Å². The predicted octanol–water partition coefficient (Wildman–Crippen LogP) is 2.59. The number of carboxylic acids is 1. The Hall–Kier alpha value is -4.01. The van der Waals surface area contributed by atoms with E-state index in [4.69, 9.17) is 18.6 Å². The normalized spacial score (nSPS) is 13.8. The highest BCUT2D eigenvalue weighted by atomic mass is 16.5. The molecule has 0 fully saturated rings. The van der Waals surface area contributed by atoms with E-state index in [1.165, 1.54) is 6.07 Å². The van der Waals surface area contributed by atoms with Crippen molar-refractivity contribution >= 4 is 22.8 Å². The van der Waals surface area contributed by atoms with Crippen molar-refractivity contribution in [3.8, 4) is 28.4 Å². The molecule has 1 unspecified atom stereocenters. The molecule has 1 aliphatic heterocycles.